The molecule has 1 unspecified atom stereocenters. The molecular formula is C13H26N4. The third-order valence-corrected chi connectivity index (χ3v) is 3.34. The average Bonchev–Trinajstić information content (AvgIpc) is 2.79. The lowest BCUT2D eigenvalue weighted by molar-refractivity contribution is 0.304. The zero-order valence-corrected chi connectivity index (χ0v) is 11.3. The summed E-state index contributed by atoms with van der Waals surface area (Å²) < 4.78 is 2.03. The summed E-state index contributed by atoms with van der Waals surface area (Å²) in [5.41, 5.74) is 4.20. The molecule has 1 atom stereocenters. The topological polar surface area (TPSA) is 55.9 Å². The molecule has 98 valence electrons. The Morgan fingerprint density at radius 1 is 1.29 bits per heavy atom. The molecule has 0 aliphatic heterocycles. The van der Waals surface area contributed by atoms with E-state index in [4.69, 9.17) is 5.84 Å². The Morgan fingerprint density at radius 2 is 1.94 bits per heavy atom. The van der Waals surface area contributed by atoms with Crippen LogP contribution in [-0.4, -0.2) is 9.78 Å². The van der Waals surface area contributed by atoms with Crippen LogP contribution in [0.2, 0.25) is 0 Å². The van der Waals surface area contributed by atoms with Crippen LogP contribution in [0.15, 0.2) is 12.3 Å². The SMILES string of the molecule is CCCC(CCC)C(NN)c1ccnn1CC. The van der Waals surface area contributed by atoms with E-state index in [0.717, 1.165) is 6.54 Å². The summed E-state index contributed by atoms with van der Waals surface area (Å²) in [5, 5.41) is 4.33. The van der Waals surface area contributed by atoms with E-state index in [-0.39, 0.29) is 6.04 Å². The first-order valence-corrected chi connectivity index (χ1v) is 6.76. The maximum atomic E-state index is 5.76. The lowest BCUT2D eigenvalue weighted by Crippen LogP contribution is -2.35. The molecule has 0 spiro atoms. The Balaban J connectivity index is 2.87. The molecule has 4 nitrogen and oxygen atoms in total. The second-order valence-corrected chi connectivity index (χ2v) is 4.55. The lowest BCUT2D eigenvalue weighted by Gasteiger charge is -2.26. The molecule has 0 aliphatic rings. The number of hydrazine groups is 1. The second-order valence-electron chi connectivity index (χ2n) is 4.55. The maximum Gasteiger partial charge on any atom is 0.0657 e. The van der Waals surface area contributed by atoms with Crippen molar-refractivity contribution in [2.75, 3.05) is 0 Å². The van der Waals surface area contributed by atoms with Gasteiger partial charge in [0.2, 0.25) is 0 Å². The second kappa shape index (κ2) is 7.45. The van der Waals surface area contributed by atoms with Crippen molar-refractivity contribution >= 4 is 0 Å². The predicted molar refractivity (Wildman–Crippen MR) is 71.3 cm³/mol. The van der Waals surface area contributed by atoms with E-state index >= 15 is 0 Å². The van der Waals surface area contributed by atoms with E-state index in [9.17, 15) is 0 Å². The van der Waals surface area contributed by atoms with E-state index in [1.807, 2.05) is 10.9 Å². The van der Waals surface area contributed by atoms with Gasteiger partial charge < -0.3 is 0 Å². The van der Waals surface area contributed by atoms with Gasteiger partial charge in [0.25, 0.3) is 0 Å². The standard InChI is InChI=1S/C13H26N4/c1-4-7-11(8-5-2)13(16-14)12-9-10-15-17(12)6-3/h9-11,13,16H,4-8,14H2,1-3H3. The van der Waals surface area contributed by atoms with E-state index in [1.165, 1.54) is 31.4 Å². The molecule has 4 heteroatoms. The van der Waals surface area contributed by atoms with Crippen LogP contribution in [0, 0.1) is 5.92 Å². The van der Waals surface area contributed by atoms with Crippen LogP contribution < -0.4 is 11.3 Å². The Kier molecular flexibility index (Phi) is 6.22. The average molecular weight is 238 g/mol. The minimum Gasteiger partial charge on any atom is -0.271 e. The zero-order chi connectivity index (χ0) is 12.7. The molecule has 0 aromatic carbocycles. The third kappa shape index (κ3) is 3.54. The molecule has 1 rings (SSSR count). The molecule has 1 heterocycles. The fourth-order valence-corrected chi connectivity index (χ4v) is 2.55. The van der Waals surface area contributed by atoms with Crippen molar-refractivity contribution in [1.82, 2.24) is 15.2 Å². The van der Waals surface area contributed by atoms with Gasteiger partial charge >= 0.3 is 0 Å². The number of aryl methyl sites for hydroxylation is 1. The smallest absolute Gasteiger partial charge is 0.0657 e. The summed E-state index contributed by atoms with van der Waals surface area (Å²) in [6, 6.07) is 2.30. The van der Waals surface area contributed by atoms with Crippen LogP contribution in [0.1, 0.15) is 58.2 Å². The molecule has 3 N–H and O–H groups in total. The van der Waals surface area contributed by atoms with E-state index in [0.29, 0.717) is 5.92 Å². The Hall–Kier alpha value is -0.870. The highest BCUT2D eigenvalue weighted by Crippen LogP contribution is 2.28. The van der Waals surface area contributed by atoms with Gasteiger partial charge in [-0.15, -0.1) is 0 Å². The van der Waals surface area contributed by atoms with Crippen LogP contribution in [0.5, 0.6) is 0 Å². The fourth-order valence-electron chi connectivity index (χ4n) is 2.55. The molecular weight excluding hydrogens is 212 g/mol. The van der Waals surface area contributed by atoms with Gasteiger partial charge in [-0.1, -0.05) is 26.7 Å². The number of nitrogens with one attached hydrogen (secondary N) is 1. The van der Waals surface area contributed by atoms with E-state index in [2.05, 4.69) is 37.4 Å². The van der Waals surface area contributed by atoms with Crippen LogP contribution in [0.4, 0.5) is 0 Å². The third-order valence-electron chi connectivity index (χ3n) is 3.34. The molecule has 0 aliphatic carbocycles. The minimum absolute atomic E-state index is 0.220. The summed E-state index contributed by atoms with van der Waals surface area (Å²) in [7, 11) is 0. The monoisotopic (exact) mass is 238 g/mol. The van der Waals surface area contributed by atoms with E-state index in [1.54, 1.807) is 0 Å². The Labute approximate surface area is 105 Å². The van der Waals surface area contributed by atoms with Crippen LogP contribution >= 0.6 is 0 Å². The molecule has 0 saturated heterocycles. The van der Waals surface area contributed by atoms with Crippen molar-refractivity contribution in [3.63, 3.8) is 0 Å². The summed E-state index contributed by atoms with van der Waals surface area (Å²) in [5.74, 6) is 6.35. The molecule has 0 radical (unpaired) electrons. The van der Waals surface area contributed by atoms with E-state index < -0.39 is 0 Å². The molecule has 17 heavy (non-hydrogen) atoms. The minimum atomic E-state index is 0.220. The maximum absolute atomic E-state index is 5.76. The number of hydrogen-bond acceptors (Lipinski definition) is 3. The summed E-state index contributed by atoms with van der Waals surface area (Å²) >= 11 is 0. The highest BCUT2D eigenvalue weighted by molar-refractivity contribution is 5.08. The van der Waals surface area contributed by atoms with Gasteiger partial charge in [0, 0.05) is 12.7 Å². The molecule has 0 amide bonds. The number of rotatable bonds is 8. The van der Waals surface area contributed by atoms with Crippen molar-refractivity contribution in [3.8, 4) is 0 Å². The van der Waals surface area contributed by atoms with Gasteiger partial charge in [0.1, 0.15) is 0 Å². The highest BCUT2D eigenvalue weighted by atomic mass is 15.3. The molecule has 0 fully saturated rings. The summed E-state index contributed by atoms with van der Waals surface area (Å²) in [4.78, 5) is 0. The zero-order valence-electron chi connectivity index (χ0n) is 11.3. The molecule has 1 aromatic rings. The van der Waals surface area contributed by atoms with Gasteiger partial charge in [-0.2, -0.15) is 5.10 Å². The normalized spacial score (nSPS) is 13.2. The van der Waals surface area contributed by atoms with Crippen molar-refractivity contribution in [2.24, 2.45) is 11.8 Å². The van der Waals surface area contributed by atoms with Gasteiger partial charge in [-0.3, -0.25) is 16.0 Å². The quantitative estimate of drug-likeness (QED) is 0.540. The van der Waals surface area contributed by atoms with Gasteiger partial charge in [0.05, 0.1) is 11.7 Å². The molecule has 1 aromatic heterocycles. The van der Waals surface area contributed by atoms with Crippen molar-refractivity contribution in [2.45, 2.75) is 59.0 Å². The predicted octanol–water partition coefficient (Wildman–Crippen LogP) is 2.62. The number of nitrogens with two attached hydrogens (primary N) is 1. The van der Waals surface area contributed by atoms with Gasteiger partial charge in [-0.25, -0.2) is 0 Å². The first kappa shape index (κ1) is 14.2. The molecule has 0 saturated carbocycles. The number of aromatic nitrogens is 2. The lowest BCUT2D eigenvalue weighted by atomic mass is 9.89. The molecule has 0 bridgehead atoms. The van der Waals surface area contributed by atoms with Crippen LogP contribution in [0.25, 0.3) is 0 Å². The number of nitrogens with zero attached hydrogens (tertiary/aromatic N) is 2. The largest absolute Gasteiger partial charge is 0.271 e. The Morgan fingerprint density at radius 3 is 2.41 bits per heavy atom. The summed E-state index contributed by atoms with van der Waals surface area (Å²) in [6.45, 7) is 7.46. The van der Waals surface area contributed by atoms with Crippen molar-refractivity contribution < 1.29 is 0 Å². The Bertz CT molecular complexity index is 302. The van der Waals surface area contributed by atoms with Crippen molar-refractivity contribution in [3.05, 3.63) is 18.0 Å². The summed E-state index contributed by atoms with van der Waals surface area (Å²) in [6.07, 6.45) is 6.67. The first-order chi connectivity index (χ1) is 8.28. The van der Waals surface area contributed by atoms with Crippen LogP contribution in [-0.2, 0) is 6.54 Å². The number of hydrogen-bond donors (Lipinski definition) is 2. The van der Waals surface area contributed by atoms with Crippen LogP contribution in [0.3, 0.4) is 0 Å². The first-order valence-electron chi connectivity index (χ1n) is 6.76. The van der Waals surface area contributed by atoms with Crippen molar-refractivity contribution in [1.29, 1.82) is 0 Å². The van der Waals surface area contributed by atoms with Gasteiger partial charge in [0.15, 0.2) is 0 Å². The van der Waals surface area contributed by atoms with Gasteiger partial charge in [-0.05, 0) is 31.7 Å². The highest BCUT2D eigenvalue weighted by Gasteiger charge is 2.23. The fraction of sp³-hybridized carbons (Fsp3) is 0.769.